The summed E-state index contributed by atoms with van der Waals surface area (Å²) in [6.45, 7) is -1.42. The molecule has 0 unspecified atom stereocenters. The minimum absolute atomic E-state index is 0.655. The van der Waals surface area contributed by atoms with Crippen LogP contribution in [-0.2, 0) is 6.50 Å². The monoisotopic (exact) mass is 123 g/mol. The van der Waals surface area contributed by atoms with E-state index in [0.29, 0.717) is 5.56 Å². The first-order valence-corrected chi connectivity index (χ1v) is 2.91. The standard InChI is InChI=1S/C8H11N/c1-9-7-8-5-3-2-4-6-8/h2-6,9H,7H2,1H3/i7D2. The molecule has 0 aliphatic heterocycles. The molecule has 0 amide bonds. The lowest BCUT2D eigenvalue weighted by Gasteiger charge is -1.95. The van der Waals surface area contributed by atoms with E-state index >= 15 is 0 Å². The molecular weight excluding hydrogens is 110 g/mol. The SMILES string of the molecule is [2H]C([2H])(NC)c1ccccc1. The summed E-state index contributed by atoms with van der Waals surface area (Å²) in [5.74, 6) is 0. The van der Waals surface area contributed by atoms with Crippen LogP contribution in [0, 0.1) is 0 Å². The van der Waals surface area contributed by atoms with E-state index in [-0.39, 0.29) is 0 Å². The number of rotatable bonds is 2. The molecule has 0 heterocycles. The maximum absolute atomic E-state index is 7.47. The van der Waals surface area contributed by atoms with Gasteiger partial charge in [0.15, 0.2) is 0 Å². The summed E-state index contributed by atoms with van der Waals surface area (Å²) in [7, 11) is 1.60. The fourth-order valence-corrected chi connectivity index (χ4v) is 0.666. The molecule has 0 aliphatic rings. The minimum Gasteiger partial charge on any atom is -0.316 e. The molecule has 0 spiro atoms. The summed E-state index contributed by atoms with van der Waals surface area (Å²) in [6.07, 6.45) is 0. The van der Waals surface area contributed by atoms with E-state index in [1.165, 1.54) is 0 Å². The van der Waals surface area contributed by atoms with Crippen molar-refractivity contribution in [3.63, 3.8) is 0 Å². The van der Waals surface area contributed by atoms with Crippen LogP contribution in [0.2, 0.25) is 0 Å². The topological polar surface area (TPSA) is 12.0 Å². The minimum atomic E-state index is -1.42. The van der Waals surface area contributed by atoms with Crippen LogP contribution in [0.15, 0.2) is 30.3 Å². The fraction of sp³-hybridized carbons (Fsp3) is 0.250. The third-order valence-electron chi connectivity index (χ3n) is 1.04. The van der Waals surface area contributed by atoms with Crippen molar-refractivity contribution in [2.45, 2.75) is 6.50 Å². The Kier molecular flexibility index (Phi) is 1.47. The van der Waals surface area contributed by atoms with Gasteiger partial charge in [0.05, 0.1) is 0 Å². The van der Waals surface area contributed by atoms with Crippen LogP contribution in [0.5, 0.6) is 0 Å². The van der Waals surface area contributed by atoms with Crippen LogP contribution in [0.4, 0.5) is 0 Å². The van der Waals surface area contributed by atoms with Crippen molar-refractivity contribution >= 4 is 0 Å². The normalized spacial score (nSPS) is 14.3. The maximum Gasteiger partial charge on any atom is 0.0479 e. The Morgan fingerprint density at radius 2 is 2.11 bits per heavy atom. The van der Waals surface area contributed by atoms with Crippen LogP contribution in [0.1, 0.15) is 8.30 Å². The van der Waals surface area contributed by atoms with Gasteiger partial charge in [-0.2, -0.15) is 0 Å². The number of hydrogen-bond acceptors (Lipinski definition) is 1. The quantitative estimate of drug-likeness (QED) is 0.627. The van der Waals surface area contributed by atoms with Crippen molar-refractivity contribution < 1.29 is 2.74 Å². The van der Waals surface area contributed by atoms with E-state index in [2.05, 4.69) is 5.32 Å². The first-order chi connectivity index (χ1) is 5.17. The predicted octanol–water partition coefficient (Wildman–Crippen LogP) is 1.41. The molecule has 1 nitrogen and oxygen atoms in total. The van der Waals surface area contributed by atoms with E-state index in [9.17, 15) is 0 Å². The molecule has 0 atom stereocenters. The molecule has 1 aromatic carbocycles. The molecule has 0 aliphatic carbocycles. The highest BCUT2D eigenvalue weighted by atomic mass is 14.8. The fourth-order valence-electron chi connectivity index (χ4n) is 0.666. The molecule has 48 valence electrons. The van der Waals surface area contributed by atoms with E-state index < -0.39 is 6.50 Å². The van der Waals surface area contributed by atoms with E-state index in [1.54, 1.807) is 19.2 Å². The van der Waals surface area contributed by atoms with Crippen molar-refractivity contribution in [1.82, 2.24) is 5.32 Å². The van der Waals surface area contributed by atoms with Gasteiger partial charge in [-0.1, -0.05) is 30.3 Å². The maximum atomic E-state index is 7.47. The van der Waals surface area contributed by atoms with Gasteiger partial charge in [-0.05, 0) is 12.6 Å². The summed E-state index contributed by atoms with van der Waals surface area (Å²) < 4.78 is 14.9. The molecule has 0 aromatic heterocycles. The van der Waals surface area contributed by atoms with Crippen LogP contribution >= 0.6 is 0 Å². The molecule has 0 fully saturated rings. The predicted molar refractivity (Wildman–Crippen MR) is 39.2 cm³/mol. The summed E-state index contributed by atoms with van der Waals surface area (Å²) in [5.41, 5.74) is 0.655. The Morgan fingerprint density at radius 1 is 1.44 bits per heavy atom. The van der Waals surface area contributed by atoms with Gasteiger partial charge in [-0.3, -0.25) is 0 Å². The first-order valence-electron chi connectivity index (χ1n) is 3.91. The Bertz CT molecular complexity index is 221. The van der Waals surface area contributed by atoms with E-state index in [4.69, 9.17) is 2.74 Å². The Morgan fingerprint density at radius 3 is 2.67 bits per heavy atom. The van der Waals surface area contributed by atoms with E-state index in [1.807, 2.05) is 18.2 Å². The van der Waals surface area contributed by atoms with Crippen molar-refractivity contribution in [2.75, 3.05) is 7.05 Å². The molecule has 1 aromatic rings. The second-order valence-electron chi connectivity index (χ2n) is 1.74. The average molecular weight is 123 g/mol. The Labute approximate surface area is 58.5 Å². The second kappa shape index (κ2) is 3.25. The lowest BCUT2D eigenvalue weighted by Crippen LogP contribution is -2.04. The lowest BCUT2D eigenvalue weighted by atomic mass is 10.2. The van der Waals surface area contributed by atoms with Crippen molar-refractivity contribution in [2.24, 2.45) is 0 Å². The molecule has 1 rings (SSSR count). The van der Waals surface area contributed by atoms with Crippen molar-refractivity contribution in [1.29, 1.82) is 0 Å². The van der Waals surface area contributed by atoms with Crippen LogP contribution in [0.25, 0.3) is 0 Å². The summed E-state index contributed by atoms with van der Waals surface area (Å²) in [6, 6.07) is 9.04. The molecule has 1 heteroatoms. The van der Waals surface area contributed by atoms with Crippen LogP contribution in [-0.4, -0.2) is 7.05 Å². The molecule has 9 heavy (non-hydrogen) atoms. The first kappa shape index (κ1) is 4.07. The highest BCUT2D eigenvalue weighted by Gasteiger charge is 1.83. The number of nitrogens with one attached hydrogen (secondary N) is 1. The number of hydrogen-bond donors (Lipinski definition) is 1. The Balaban J connectivity index is 2.93. The van der Waals surface area contributed by atoms with Crippen LogP contribution in [0.3, 0.4) is 0 Å². The molecule has 1 N–H and O–H groups in total. The lowest BCUT2D eigenvalue weighted by molar-refractivity contribution is 0.818. The largest absolute Gasteiger partial charge is 0.316 e. The zero-order chi connectivity index (χ0) is 8.32. The smallest absolute Gasteiger partial charge is 0.0479 e. The third kappa shape index (κ3) is 1.86. The van der Waals surface area contributed by atoms with Gasteiger partial charge >= 0.3 is 0 Å². The zero-order valence-electron chi connectivity index (χ0n) is 7.39. The highest BCUT2D eigenvalue weighted by molar-refractivity contribution is 5.13. The van der Waals surface area contributed by atoms with Crippen molar-refractivity contribution in [3.8, 4) is 0 Å². The number of benzene rings is 1. The highest BCUT2D eigenvalue weighted by Crippen LogP contribution is 1.95. The second-order valence-corrected chi connectivity index (χ2v) is 1.74. The van der Waals surface area contributed by atoms with Gasteiger partial charge in [0.1, 0.15) is 0 Å². The zero-order valence-corrected chi connectivity index (χ0v) is 5.39. The van der Waals surface area contributed by atoms with Crippen LogP contribution < -0.4 is 5.32 Å². The average Bonchev–Trinajstić information content (AvgIpc) is 2.06. The molecule has 0 bridgehead atoms. The van der Waals surface area contributed by atoms with Gasteiger partial charge in [-0.15, -0.1) is 0 Å². The summed E-state index contributed by atoms with van der Waals surface area (Å²) >= 11 is 0. The van der Waals surface area contributed by atoms with Crippen molar-refractivity contribution in [3.05, 3.63) is 35.9 Å². The summed E-state index contributed by atoms with van der Waals surface area (Å²) in [5, 5.41) is 2.59. The van der Waals surface area contributed by atoms with Gasteiger partial charge in [0.25, 0.3) is 0 Å². The molecule has 0 saturated heterocycles. The van der Waals surface area contributed by atoms with Gasteiger partial charge in [-0.25, -0.2) is 0 Å². The van der Waals surface area contributed by atoms with Gasteiger partial charge in [0.2, 0.25) is 0 Å². The molecule has 0 radical (unpaired) electrons. The van der Waals surface area contributed by atoms with Gasteiger partial charge < -0.3 is 5.32 Å². The third-order valence-corrected chi connectivity index (χ3v) is 1.04. The summed E-state index contributed by atoms with van der Waals surface area (Å²) in [4.78, 5) is 0. The van der Waals surface area contributed by atoms with E-state index in [0.717, 1.165) is 0 Å². The molecular formula is C8H11N. The Hall–Kier alpha value is -0.820. The van der Waals surface area contributed by atoms with Gasteiger partial charge in [0, 0.05) is 9.24 Å². The molecule has 0 saturated carbocycles.